The molecule has 0 unspecified atom stereocenters. The molecule has 0 aliphatic heterocycles. The first kappa shape index (κ1) is 16.3. The molecule has 2 rings (SSSR count). The summed E-state index contributed by atoms with van der Waals surface area (Å²) < 4.78 is 31.3. The summed E-state index contributed by atoms with van der Waals surface area (Å²) in [7, 11) is 0. The molecule has 118 valence electrons. The van der Waals surface area contributed by atoms with E-state index < -0.39 is 17.7 Å². The van der Waals surface area contributed by atoms with Gasteiger partial charge < -0.3 is 15.8 Å². The normalized spacial score (nSPS) is 9.65. The maximum absolute atomic E-state index is 13.5. The van der Waals surface area contributed by atoms with Gasteiger partial charge in [-0.2, -0.15) is 0 Å². The molecule has 23 heavy (non-hydrogen) atoms. The van der Waals surface area contributed by atoms with Crippen LogP contribution < -0.4 is 11.1 Å². The van der Waals surface area contributed by atoms with Crippen LogP contribution in [0, 0.1) is 23.5 Å². The molecule has 0 atom stereocenters. The van der Waals surface area contributed by atoms with E-state index in [-0.39, 0.29) is 24.4 Å². The number of anilines is 1. The summed E-state index contributed by atoms with van der Waals surface area (Å²) in [6, 6.07) is 10.9. The molecule has 2 aromatic carbocycles. The third-order valence-electron chi connectivity index (χ3n) is 2.83. The summed E-state index contributed by atoms with van der Waals surface area (Å²) in [5, 5.41) is 2.40. The topological polar surface area (TPSA) is 64.3 Å². The molecule has 0 saturated heterocycles. The lowest BCUT2D eigenvalue weighted by molar-refractivity contribution is 0.141. The van der Waals surface area contributed by atoms with E-state index in [1.165, 1.54) is 0 Å². The van der Waals surface area contributed by atoms with Gasteiger partial charge in [0.2, 0.25) is 0 Å². The number of alkyl carbamates (subject to hydrolysis) is 1. The summed E-state index contributed by atoms with van der Waals surface area (Å²) >= 11 is 0. The standard InChI is InChI=1S/C17H14F2N2O2/c18-13-9-15(19)14(16(20)10-13)7-4-8-21-17(22)23-11-12-5-2-1-3-6-12/h1-3,5-6,9-10H,8,11,20H2,(H,21,22). The van der Waals surface area contributed by atoms with E-state index in [0.29, 0.717) is 6.07 Å². The number of nitrogens with two attached hydrogens (primary N) is 1. The van der Waals surface area contributed by atoms with Gasteiger partial charge in [-0.3, -0.25) is 0 Å². The average molecular weight is 316 g/mol. The van der Waals surface area contributed by atoms with E-state index in [1.54, 1.807) is 0 Å². The summed E-state index contributed by atoms with van der Waals surface area (Å²) in [4.78, 5) is 11.5. The highest BCUT2D eigenvalue weighted by atomic mass is 19.1. The van der Waals surface area contributed by atoms with Gasteiger partial charge in [0.1, 0.15) is 18.2 Å². The smallest absolute Gasteiger partial charge is 0.408 e. The minimum Gasteiger partial charge on any atom is -0.445 e. The third kappa shape index (κ3) is 5.00. The van der Waals surface area contributed by atoms with E-state index in [2.05, 4.69) is 17.2 Å². The van der Waals surface area contributed by atoms with E-state index in [0.717, 1.165) is 11.6 Å². The molecule has 0 heterocycles. The quantitative estimate of drug-likeness (QED) is 0.676. The van der Waals surface area contributed by atoms with Crippen LogP contribution in [0.3, 0.4) is 0 Å². The fourth-order valence-corrected chi connectivity index (χ4v) is 1.75. The Balaban J connectivity index is 1.83. The predicted molar refractivity (Wildman–Crippen MR) is 82.3 cm³/mol. The Morgan fingerprint density at radius 3 is 2.65 bits per heavy atom. The molecule has 0 saturated carbocycles. The first-order valence-corrected chi connectivity index (χ1v) is 6.74. The van der Waals surface area contributed by atoms with E-state index in [9.17, 15) is 13.6 Å². The van der Waals surface area contributed by atoms with Gasteiger partial charge >= 0.3 is 6.09 Å². The number of benzene rings is 2. The maximum atomic E-state index is 13.5. The van der Waals surface area contributed by atoms with E-state index >= 15 is 0 Å². The highest BCUT2D eigenvalue weighted by molar-refractivity contribution is 5.67. The Morgan fingerprint density at radius 2 is 1.96 bits per heavy atom. The van der Waals surface area contributed by atoms with E-state index in [4.69, 9.17) is 10.5 Å². The largest absolute Gasteiger partial charge is 0.445 e. The first-order chi connectivity index (χ1) is 11.1. The van der Waals surface area contributed by atoms with Crippen LogP contribution in [0.5, 0.6) is 0 Å². The second-order valence-electron chi connectivity index (χ2n) is 4.57. The molecule has 0 aromatic heterocycles. The number of carbonyl (C=O) groups excluding carboxylic acids is 1. The third-order valence-corrected chi connectivity index (χ3v) is 2.83. The van der Waals surface area contributed by atoms with Crippen LogP contribution in [-0.4, -0.2) is 12.6 Å². The highest BCUT2D eigenvalue weighted by Crippen LogP contribution is 2.16. The SMILES string of the molecule is Nc1cc(F)cc(F)c1C#CCNC(=O)OCc1ccccc1. The lowest BCUT2D eigenvalue weighted by atomic mass is 10.1. The van der Waals surface area contributed by atoms with E-state index in [1.807, 2.05) is 30.3 Å². The number of amides is 1. The van der Waals surface area contributed by atoms with Gasteiger partial charge in [-0.1, -0.05) is 42.2 Å². The van der Waals surface area contributed by atoms with Crippen LogP contribution in [0.2, 0.25) is 0 Å². The molecular weight excluding hydrogens is 302 g/mol. The van der Waals surface area contributed by atoms with Gasteiger partial charge in [0.05, 0.1) is 17.8 Å². The summed E-state index contributed by atoms with van der Waals surface area (Å²) in [5.41, 5.74) is 6.14. The van der Waals surface area contributed by atoms with Crippen molar-refractivity contribution in [1.29, 1.82) is 0 Å². The van der Waals surface area contributed by atoms with Gasteiger partial charge in [0, 0.05) is 6.07 Å². The second-order valence-corrected chi connectivity index (χ2v) is 4.57. The summed E-state index contributed by atoms with van der Waals surface area (Å²) in [5.74, 6) is 3.36. The zero-order valence-electron chi connectivity index (χ0n) is 12.1. The maximum Gasteiger partial charge on any atom is 0.408 e. The summed E-state index contributed by atoms with van der Waals surface area (Å²) in [6.07, 6.45) is -0.643. The van der Waals surface area contributed by atoms with Crippen LogP contribution >= 0.6 is 0 Å². The number of rotatable bonds is 3. The zero-order chi connectivity index (χ0) is 16.7. The number of nitrogens with one attached hydrogen (secondary N) is 1. The molecule has 0 radical (unpaired) electrons. The number of halogens is 2. The lowest BCUT2D eigenvalue weighted by Crippen LogP contribution is -2.24. The summed E-state index contributed by atoms with van der Waals surface area (Å²) in [6.45, 7) is 0.0868. The molecule has 1 amide bonds. The van der Waals surface area contributed by atoms with Gasteiger partial charge in [0.15, 0.2) is 0 Å². The van der Waals surface area contributed by atoms with Gasteiger partial charge in [-0.05, 0) is 11.6 Å². The Morgan fingerprint density at radius 1 is 1.22 bits per heavy atom. The minimum atomic E-state index is -0.846. The molecule has 4 nitrogen and oxygen atoms in total. The van der Waals surface area contributed by atoms with Gasteiger partial charge in [-0.25, -0.2) is 13.6 Å². The van der Waals surface area contributed by atoms with Gasteiger partial charge in [0.25, 0.3) is 0 Å². The Labute approximate surface area is 132 Å². The Bertz CT molecular complexity index is 729. The molecule has 0 aliphatic carbocycles. The van der Waals surface area contributed by atoms with Crippen molar-refractivity contribution in [3.05, 3.63) is 65.2 Å². The number of nitrogen functional groups attached to an aromatic ring is 1. The molecule has 0 aliphatic rings. The molecule has 2 aromatic rings. The highest BCUT2D eigenvalue weighted by Gasteiger charge is 2.06. The minimum absolute atomic E-state index is 0.0517. The molecular formula is C17H14F2N2O2. The number of hydrogen-bond acceptors (Lipinski definition) is 3. The number of hydrogen-bond donors (Lipinski definition) is 2. The van der Waals surface area contributed by atoms with Crippen LogP contribution in [0.25, 0.3) is 0 Å². The fraction of sp³-hybridized carbons (Fsp3) is 0.118. The van der Waals surface area contributed by atoms with Crippen molar-refractivity contribution in [3.8, 4) is 11.8 Å². The molecule has 6 heteroatoms. The number of carbonyl (C=O) groups is 1. The lowest BCUT2D eigenvalue weighted by Gasteiger charge is -2.04. The Hall–Kier alpha value is -3.07. The molecule has 0 bridgehead atoms. The van der Waals surface area contributed by atoms with Crippen molar-refractivity contribution in [2.45, 2.75) is 6.61 Å². The first-order valence-electron chi connectivity index (χ1n) is 6.74. The van der Waals surface area contributed by atoms with Crippen molar-refractivity contribution in [1.82, 2.24) is 5.32 Å². The fourth-order valence-electron chi connectivity index (χ4n) is 1.75. The van der Waals surface area contributed by atoms with Crippen LogP contribution in [0.15, 0.2) is 42.5 Å². The Kier molecular flexibility index (Phi) is 5.53. The molecule has 0 spiro atoms. The van der Waals surface area contributed by atoms with Crippen LogP contribution in [-0.2, 0) is 11.3 Å². The number of ether oxygens (including phenoxy) is 1. The van der Waals surface area contributed by atoms with Crippen molar-refractivity contribution in [2.75, 3.05) is 12.3 Å². The molecule has 3 N–H and O–H groups in total. The predicted octanol–water partition coefficient (Wildman–Crippen LogP) is 2.82. The average Bonchev–Trinajstić information content (AvgIpc) is 2.52. The van der Waals surface area contributed by atoms with Gasteiger partial charge in [-0.15, -0.1) is 0 Å². The monoisotopic (exact) mass is 316 g/mol. The second kappa shape index (κ2) is 7.80. The zero-order valence-corrected chi connectivity index (χ0v) is 12.1. The van der Waals surface area contributed by atoms with Crippen molar-refractivity contribution < 1.29 is 18.3 Å². The van der Waals surface area contributed by atoms with Crippen molar-refractivity contribution >= 4 is 11.8 Å². The van der Waals surface area contributed by atoms with Crippen molar-refractivity contribution in [3.63, 3.8) is 0 Å². The van der Waals surface area contributed by atoms with Crippen LogP contribution in [0.4, 0.5) is 19.3 Å². The van der Waals surface area contributed by atoms with Crippen molar-refractivity contribution in [2.24, 2.45) is 0 Å². The van der Waals surface area contributed by atoms with Crippen LogP contribution in [0.1, 0.15) is 11.1 Å². The molecule has 0 fully saturated rings.